The Balaban J connectivity index is 0.000000424. The first-order valence-electron chi connectivity index (χ1n) is 4.48. The molecule has 0 aromatic rings. The summed E-state index contributed by atoms with van der Waals surface area (Å²) in [6.45, 7) is 4.38. The van der Waals surface area contributed by atoms with Gasteiger partial charge >= 0.3 is 0 Å². The Labute approximate surface area is 86.6 Å². The molecule has 1 nitrogen and oxygen atoms in total. The molecule has 0 aromatic carbocycles. The van der Waals surface area contributed by atoms with Crippen molar-refractivity contribution in [2.24, 2.45) is 0 Å². The van der Waals surface area contributed by atoms with Crippen molar-refractivity contribution < 1.29 is 0 Å². The maximum absolute atomic E-state index is 7.13. The van der Waals surface area contributed by atoms with Crippen molar-refractivity contribution in [3.63, 3.8) is 0 Å². The van der Waals surface area contributed by atoms with E-state index >= 15 is 0 Å². The molecule has 1 rings (SSSR count). The molecule has 1 aliphatic rings. The van der Waals surface area contributed by atoms with Gasteiger partial charge in [-0.3, -0.25) is 0 Å². The Hall–Kier alpha value is -0.940. The summed E-state index contributed by atoms with van der Waals surface area (Å²) in [6.07, 6.45) is 10.6. The Morgan fingerprint density at radius 2 is 2.23 bits per heavy atom. The number of hydrogen-bond acceptors (Lipinski definition) is 2. The first-order valence-corrected chi connectivity index (χ1v) is 4.88. The third-order valence-corrected chi connectivity index (χ3v) is 1.79. The molecule has 70 valence electrons. The van der Waals surface area contributed by atoms with Crippen LogP contribution in [0.15, 0.2) is 23.8 Å². The van der Waals surface area contributed by atoms with E-state index in [0.29, 0.717) is 0 Å². The zero-order valence-corrected chi connectivity index (χ0v) is 9.03. The van der Waals surface area contributed by atoms with Gasteiger partial charge < -0.3 is 12.6 Å². The predicted octanol–water partition coefficient (Wildman–Crippen LogP) is 3.28. The number of rotatable bonds is 3. The molecule has 0 unspecified atom stereocenters. The molecule has 0 fully saturated rings. The molecule has 0 bridgehead atoms. The highest BCUT2D eigenvalue weighted by molar-refractivity contribution is 7.64. The summed E-state index contributed by atoms with van der Waals surface area (Å²) in [5.74, 6) is 1.39. The Morgan fingerprint density at radius 3 is 2.62 bits per heavy atom. The number of allylic oxidation sites excluding steroid dienone is 4. The molecule has 0 N–H and O–H groups in total. The van der Waals surface area contributed by atoms with Crippen LogP contribution in [0.2, 0.25) is 0 Å². The molecular formula is C11H15NS. The summed E-state index contributed by atoms with van der Waals surface area (Å²) in [5.41, 5.74) is 1.50. The zero-order valence-electron chi connectivity index (χ0n) is 8.21. The number of nitriles is 1. The van der Waals surface area contributed by atoms with Gasteiger partial charge in [0.05, 0.1) is 29.7 Å². The molecule has 0 radical (unpaired) electrons. The first-order chi connectivity index (χ1) is 6.24. The van der Waals surface area contributed by atoms with E-state index in [1.54, 1.807) is 0 Å². The van der Waals surface area contributed by atoms with Crippen molar-refractivity contribution in [1.29, 1.82) is 5.26 Å². The number of nitrogens with zero attached hydrogens (tertiary/aromatic N) is 1. The van der Waals surface area contributed by atoms with Crippen molar-refractivity contribution in [2.75, 3.05) is 0 Å². The van der Waals surface area contributed by atoms with Gasteiger partial charge in [0.2, 0.25) is 0 Å². The summed E-state index contributed by atoms with van der Waals surface area (Å²) in [5, 5.41) is 8.47. The average molecular weight is 193 g/mol. The van der Waals surface area contributed by atoms with Gasteiger partial charge in [0, 0.05) is 13.3 Å². The lowest BCUT2D eigenvalue weighted by Crippen LogP contribution is -1.76. The van der Waals surface area contributed by atoms with E-state index in [4.69, 9.17) is 5.26 Å². The minimum Gasteiger partial charge on any atom is -0.696 e. The smallest absolute Gasteiger partial charge is 0.0934 e. The normalized spacial score (nSPS) is 13.0. The summed E-state index contributed by atoms with van der Waals surface area (Å²) < 4.78 is 0. The Bertz CT molecular complexity index is 223. The van der Waals surface area contributed by atoms with Crippen LogP contribution in [0.4, 0.5) is 0 Å². The van der Waals surface area contributed by atoms with Gasteiger partial charge in [0.25, 0.3) is 0 Å². The Morgan fingerprint density at radius 1 is 1.62 bits per heavy atom. The minimum atomic E-state index is 1.25. The van der Waals surface area contributed by atoms with Crippen molar-refractivity contribution in [1.82, 2.24) is 0 Å². The molecule has 0 aromatic heterocycles. The van der Waals surface area contributed by atoms with Crippen molar-refractivity contribution in [3.8, 4) is 5.40 Å². The lowest BCUT2D eigenvalue weighted by Gasteiger charge is -1.88. The standard InChI is InChI=1S/C10H15.CHNS/c1-3-4-5-10-7-6-9(2)8-10;2-1-3/h6-8H,3-5H2,1-2H3;3H/q+1;/p-1. The average Bonchev–Trinajstić information content (AvgIpc) is 2.49. The lowest BCUT2D eigenvalue weighted by atomic mass is 10.1. The fraction of sp³-hybridized carbons (Fsp3) is 0.455. The van der Waals surface area contributed by atoms with Gasteiger partial charge in [0.15, 0.2) is 0 Å². The highest BCUT2D eigenvalue weighted by Gasteiger charge is 2.12. The molecule has 0 spiro atoms. The fourth-order valence-corrected chi connectivity index (χ4v) is 1.16. The predicted molar refractivity (Wildman–Crippen MR) is 58.6 cm³/mol. The van der Waals surface area contributed by atoms with Gasteiger partial charge in [-0.15, -0.1) is 0 Å². The van der Waals surface area contributed by atoms with E-state index < -0.39 is 0 Å². The first kappa shape index (κ1) is 12.1. The van der Waals surface area contributed by atoms with Gasteiger partial charge in [-0.05, 0) is 6.42 Å². The van der Waals surface area contributed by atoms with Crippen LogP contribution in [-0.2, 0) is 12.6 Å². The van der Waals surface area contributed by atoms with Crippen LogP contribution in [-0.4, -0.2) is 0 Å². The molecule has 0 saturated carbocycles. The van der Waals surface area contributed by atoms with Crippen LogP contribution in [0.1, 0.15) is 33.1 Å². The molecule has 2 heteroatoms. The van der Waals surface area contributed by atoms with Crippen LogP contribution in [0, 0.1) is 16.6 Å². The zero-order chi connectivity index (χ0) is 10.1. The molecule has 0 amide bonds. The van der Waals surface area contributed by atoms with Crippen LogP contribution in [0.5, 0.6) is 0 Å². The molecule has 13 heavy (non-hydrogen) atoms. The van der Waals surface area contributed by atoms with Crippen LogP contribution in [0.3, 0.4) is 0 Å². The molecule has 0 atom stereocenters. The van der Waals surface area contributed by atoms with Crippen molar-refractivity contribution in [2.45, 2.75) is 33.1 Å². The quantitative estimate of drug-likeness (QED) is 0.390. The van der Waals surface area contributed by atoms with E-state index in [-0.39, 0.29) is 0 Å². The summed E-state index contributed by atoms with van der Waals surface area (Å²) in [4.78, 5) is 0. The van der Waals surface area contributed by atoms with Crippen LogP contribution in [0.25, 0.3) is 0 Å². The van der Waals surface area contributed by atoms with Gasteiger partial charge in [0.1, 0.15) is 0 Å². The number of hydrogen-bond donors (Lipinski definition) is 0. The SMILES string of the molecule is CCCCC1=C[C+](C)C=C1.N#C[S-]. The van der Waals surface area contributed by atoms with E-state index in [0.717, 1.165) is 0 Å². The summed E-state index contributed by atoms with van der Waals surface area (Å²) in [7, 11) is 0. The highest BCUT2D eigenvalue weighted by Crippen LogP contribution is 2.20. The van der Waals surface area contributed by atoms with Gasteiger partial charge in [-0.2, -0.15) is 0 Å². The fourth-order valence-electron chi connectivity index (χ4n) is 1.16. The highest BCUT2D eigenvalue weighted by atomic mass is 32.1. The van der Waals surface area contributed by atoms with E-state index in [1.807, 2.05) is 0 Å². The Kier molecular flexibility index (Phi) is 7.14. The van der Waals surface area contributed by atoms with Gasteiger partial charge in [-0.25, -0.2) is 5.26 Å². The largest absolute Gasteiger partial charge is 0.696 e. The monoisotopic (exact) mass is 193 g/mol. The van der Waals surface area contributed by atoms with E-state index in [1.165, 1.54) is 36.2 Å². The molecule has 0 aliphatic heterocycles. The van der Waals surface area contributed by atoms with E-state index in [9.17, 15) is 0 Å². The maximum Gasteiger partial charge on any atom is 0.0934 e. The summed E-state index contributed by atoms with van der Waals surface area (Å²) in [6, 6.07) is 0. The third-order valence-electron chi connectivity index (χ3n) is 1.79. The summed E-state index contributed by atoms with van der Waals surface area (Å²) >= 11 is 3.70. The lowest BCUT2D eigenvalue weighted by molar-refractivity contribution is 0.798. The minimum absolute atomic E-state index is 1.25. The third kappa shape index (κ3) is 6.24. The van der Waals surface area contributed by atoms with Crippen LogP contribution >= 0.6 is 0 Å². The molecule has 0 heterocycles. The molecule has 0 saturated heterocycles. The second kappa shape index (κ2) is 7.70. The van der Waals surface area contributed by atoms with E-state index in [2.05, 4.69) is 44.7 Å². The number of thiocyanates is 1. The topological polar surface area (TPSA) is 23.8 Å². The van der Waals surface area contributed by atoms with Crippen LogP contribution < -0.4 is 0 Å². The van der Waals surface area contributed by atoms with Gasteiger partial charge in [-0.1, -0.05) is 18.7 Å². The molecular weight excluding hydrogens is 178 g/mol. The van der Waals surface area contributed by atoms with Crippen molar-refractivity contribution >= 4 is 12.6 Å². The second-order valence-electron chi connectivity index (χ2n) is 2.99. The maximum atomic E-state index is 7.13. The van der Waals surface area contributed by atoms with Crippen molar-refractivity contribution in [3.05, 3.63) is 29.7 Å². The number of unbranched alkanes of at least 4 members (excludes halogenated alkanes) is 1. The second-order valence-corrected chi connectivity index (χ2v) is 3.17. The molecule has 1 aliphatic carbocycles.